The van der Waals surface area contributed by atoms with E-state index in [1.807, 2.05) is 0 Å². The molecule has 0 aliphatic heterocycles. The van der Waals surface area contributed by atoms with Gasteiger partial charge in [0.25, 0.3) is 0 Å². The number of nitrogens with one attached hydrogen (secondary N) is 1. The molecule has 0 unspecified atom stereocenters. The molecule has 0 aliphatic carbocycles. The number of benzene rings is 1. The van der Waals surface area contributed by atoms with Crippen LogP contribution in [0.3, 0.4) is 0 Å². The van der Waals surface area contributed by atoms with Crippen molar-refractivity contribution in [3.05, 3.63) is 24.3 Å². The number of carbonyl (C=O) groups is 2. The number of hydrogen-bond donors (Lipinski definition) is 2. The van der Waals surface area contributed by atoms with E-state index in [0.717, 1.165) is 0 Å². The quantitative estimate of drug-likeness (QED) is 0.747. The van der Waals surface area contributed by atoms with Crippen LogP contribution in [0.1, 0.15) is 12.8 Å². The van der Waals surface area contributed by atoms with Crippen LogP contribution in [0.5, 0.6) is 5.75 Å². The van der Waals surface area contributed by atoms with Gasteiger partial charge in [-0.05, 0) is 24.3 Å². The molecule has 1 amide bonds. The lowest BCUT2D eigenvalue weighted by Gasteiger charge is -2.06. The number of anilines is 1. The van der Waals surface area contributed by atoms with Crippen LogP contribution in [-0.2, 0) is 9.59 Å². The Kier molecular flexibility index (Phi) is 5.26. The Balaban J connectivity index is 2.47. The molecule has 0 radical (unpaired) electrons. The second kappa shape index (κ2) is 6.97. The van der Waals surface area contributed by atoms with Crippen LogP contribution in [0.2, 0.25) is 0 Å². The molecule has 1 aromatic rings. The van der Waals surface area contributed by atoms with Gasteiger partial charge >= 0.3 is 5.97 Å². The van der Waals surface area contributed by atoms with Crippen molar-refractivity contribution < 1.29 is 19.4 Å². The Morgan fingerprint density at radius 1 is 1.33 bits per heavy atom. The second-order valence-corrected chi connectivity index (χ2v) is 3.46. The van der Waals surface area contributed by atoms with Crippen molar-refractivity contribution in [3.8, 4) is 18.1 Å². The van der Waals surface area contributed by atoms with Crippen molar-refractivity contribution in [2.75, 3.05) is 11.9 Å². The van der Waals surface area contributed by atoms with Crippen molar-refractivity contribution in [3.63, 3.8) is 0 Å². The third-order valence-corrected chi connectivity index (χ3v) is 2.00. The largest absolute Gasteiger partial charge is 0.482 e. The summed E-state index contributed by atoms with van der Waals surface area (Å²) in [6.45, 7) is -0.395. The summed E-state index contributed by atoms with van der Waals surface area (Å²) in [6.07, 6.45) is 5.72. The minimum Gasteiger partial charge on any atom is -0.482 e. The number of hydrogen-bond acceptors (Lipinski definition) is 3. The smallest absolute Gasteiger partial charge is 0.341 e. The molecule has 1 aromatic carbocycles. The molecule has 5 heteroatoms. The molecule has 0 bridgehead atoms. The maximum Gasteiger partial charge on any atom is 0.341 e. The van der Waals surface area contributed by atoms with E-state index in [2.05, 4.69) is 11.2 Å². The molecule has 0 atom stereocenters. The number of ether oxygens (including phenoxy) is 1. The summed E-state index contributed by atoms with van der Waals surface area (Å²) in [6, 6.07) is 6.43. The normalized spacial score (nSPS) is 9.28. The SMILES string of the molecule is C#CCCC(=O)Nc1ccc(OCC(=O)O)cc1. The summed E-state index contributed by atoms with van der Waals surface area (Å²) in [7, 11) is 0. The van der Waals surface area contributed by atoms with Crippen LogP contribution in [-0.4, -0.2) is 23.6 Å². The van der Waals surface area contributed by atoms with Crippen LogP contribution in [0.25, 0.3) is 0 Å². The van der Waals surface area contributed by atoms with E-state index in [9.17, 15) is 9.59 Å². The average molecular weight is 247 g/mol. The number of rotatable bonds is 6. The average Bonchev–Trinajstić information content (AvgIpc) is 2.35. The van der Waals surface area contributed by atoms with E-state index in [4.69, 9.17) is 16.3 Å². The van der Waals surface area contributed by atoms with Gasteiger partial charge in [-0.15, -0.1) is 12.3 Å². The van der Waals surface area contributed by atoms with Gasteiger partial charge in [0.05, 0.1) is 0 Å². The van der Waals surface area contributed by atoms with Crippen molar-refractivity contribution in [2.24, 2.45) is 0 Å². The van der Waals surface area contributed by atoms with Crippen molar-refractivity contribution >= 4 is 17.6 Å². The van der Waals surface area contributed by atoms with E-state index in [1.54, 1.807) is 24.3 Å². The third kappa shape index (κ3) is 5.03. The van der Waals surface area contributed by atoms with Gasteiger partial charge in [-0.2, -0.15) is 0 Å². The minimum atomic E-state index is -1.04. The topological polar surface area (TPSA) is 75.6 Å². The summed E-state index contributed by atoms with van der Waals surface area (Å²) in [5.74, 6) is 1.61. The molecule has 0 heterocycles. The summed E-state index contributed by atoms with van der Waals surface area (Å²) >= 11 is 0. The van der Waals surface area contributed by atoms with Crippen LogP contribution < -0.4 is 10.1 Å². The van der Waals surface area contributed by atoms with Crippen molar-refractivity contribution in [1.82, 2.24) is 0 Å². The summed E-state index contributed by atoms with van der Waals surface area (Å²) in [5.41, 5.74) is 0.611. The first kappa shape index (κ1) is 13.6. The highest BCUT2D eigenvalue weighted by Gasteiger charge is 2.02. The lowest BCUT2D eigenvalue weighted by Crippen LogP contribution is -2.11. The zero-order valence-electron chi connectivity index (χ0n) is 9.68. The maximum atomic E-state index is 11.4. The number of aliphatic carboxylic acids is 1. The number of terminal acetylenes is 1. The van der Waals surface area contributed by atoms with Crippen LogP contribution in [0.15, 0.2) is 24.3 Å². The summed E-state index contributed by atoms with van der Waals surface area (Å²) < 4.78 is 4.95. The molecule has 0 saturated carbocycles. The highest BCUT2D eigenvalue weighted by Crippen LogP contribution is 2.15. The number of amides is 1. The first-order valence-electron chi connectivity index (χ1n) is 5.30. The second-order valence-electron chi connectivity index (χ2n) is 3.46. The highest BCUT2D eigenvalue weighted by atomic mass is 16.5. The predicted octanol–water partition coefficient (Wildman–Crippen LogP) is 1.50. The number of carboxylic acid groups (broad SMARTS) is 1. The molecule has 18 heavy (non-hydrogen) atoms. The molecule has 2 N–H and O–H groups in total. The first-order valence-corrected chi connectivity index (χ1v) is 5.30. The van der Waals surface area contributed by atoms with Crippen LogP contribution in [0, 0.1) is 12.3 Å². The maximum absolute atomic E-state index is 11.4. The van der Waals surface area contributed by atoms with Gasteiger partial charge in [0.15, 0.2) is 6.61 Å². The third-order valence-electron chi connectivity index (χ3n) is 2.00. The van der Waals surface area contributed by atoms with Gasteiger partial charge in [0, 0.05) is 18.5 Å². The molecule has 0 aromatic heterocycles. The molecule has 0 spiro atoms. The molecular weight excluding hydrogens is 234 g/mol. The van der Waals surface area contributed by atoms with E-state index in [1.165, 1.54) is 0 Å². The fraction of sp³-hybridized carbons (Fsp3) is 0.231. The fourth-order valence-electron chi connectivity index (χ4n) is 1.19. The summed E-state index contributed by atoms with van der Waals surface area (Å²) in [4.78, 5) is 21.6. The van der Waals surface area contributed by atoms with Gasteiger partial charge in [-0.1, -0.05) is 0 Å². The van der Waals surface area contributed by atoms with Gasteiger partial charge in [0.1, 0.15) is 5.75 Å². The lowest BCUT2D eigenvalue weighted by atomic mass is 10.2. The van der Waals surface area contributed by atoms with Crippen molar-refractivity contribution in [2.45, 2.75) is 12.8 Å². The number of carbonyl (C=O) groups excluding carboxylic acids is 1. The fourth-order valence-corrected chi connectivity index (χ4v) is 1.19. The molecule has 0 saturated heterocycles. The van der Waals surface area contributed by atoms with E-state index in [0.29, 0.717) is 17.9 Å². The van der Waals surface area contributed by atoms with Crippen molar-refractivity contribution in [1.29, 1.82) is 0 Å². The van der Waals surface area contributed by atoms with E-state index < -0.39 is 12.6 Å². The monoisotopic (exact) mass is 247 g/mol. The van der Waals surface area contributed by atoms with E-state index in [-0.39, 0.29) is 12.3 Å². The van der Waals surface area contributed by atoms with Gasteiger partial charge in [0.2, 0.25) is 5.91 Å². The molecule has 94 valence electrons. The van der Waals surface area contributed by atoms with E-state index >= 15 is 0 Å². The molecular formula is C13H13NO4. The van der Waals surface area contributed by atoms with Gasteiger partial charge in [-0.25, -0.2) is 4.79 Å². The Morgan fingerprint density at radius 2 is 2.00 bits per heavy atom. The molecule has 5 nitrogen and oxygen atoms in total. The Labute approximate surface area is 105 Å². The van der Waals surface area contributed by atoms with Gasteiger partial charge < -0.3 is 15.2 Å². The predicted molar refractivity (Wildman–Crippen MR) is 66.3 cm³/mol. The highest BCUT2D eigenvalue weighted by molar-refractivity contribution is 5.90. The Hall–Kier alpha value is -2.48. The summed E-state index contributed by atoms with van der Waals surface area (Å²) in [5, 5.41) is 11.1. The molecule has 0 fully saturated rings. The molecule has 1 rings (SSSR count). The standard InChI is InChI=1S/C13H13NO4/c1-2-3-4-12(15)14-10-5-7-11(8-6-10)18-9-13(16)17/h1,5-8H,3-4,9H2,(H,14,15)(H,16,17). The zero-order valence-corrected chi connectivity index (χ0v) is 9.68. The molecule has 0 aliphatic rings. The minimum absolute atomic E-state index is 0.160. The van der Waals surface area contributed by atoms with Crippen LogP contribution in [0.4, 0.5) is 5.69 Å². The zero-order chi connectivity index (χ0) is 13.4. The van der Waals surface area contributed by atoms with Gasteiger partial charge in [-0.3, -0.25) is 4.79 Å². The van der Waals surface area contributed by atoms with Crippen LogP contribution >= 0.6 is 0 Å². The first-order chi connectivity index (χ1) is 8.61. The number of carboxylic acids is 1. The Bertz CT molecular complexity index is 459. The Morgan fingerprint density at radius 3 is 2.56 bits per heavy atom. The lowest BCUT2D eigenvalue weighted by molar-refractivity contribution is -0.139.